The fraction of sp³-hybridized carbons (Fsp3) is 0.111. The van der Waals surface area contributed by atoms with Crippen LogP contribution in [0.2, 0.25) is 0 Å². The Kier molecular flexibility index (Phi) is 4.85. The van der Waals surface area contributed by atoms with Crippen molar-refractivity contribution in [3.05, 3.63) is 70.7 Å². The molecule has 3 aromatic rings. The van der Waals surface area contributed by atoms with Crippen LogP contribution in [0.25, 0.3) is 11.1 Å². The van der Waals surface area contributed by atoms with E-state index in [1.807, 2.05) is 12.3 Å². The minimum atomic E-state index is -4.34. The van der Waals surface area contributed by atoms with Gasteiger partial charge in [-0.05, 0) is 35.7 Å². The first-order chi connectivity index (χ1) is 11.9. The van der Waals surface area contributed by atoms with E-state index in [9.17, 15) is 13.2 Å². The molecule has 7 heteroatoms. The molecule has 0 aliphatic heterocycles. The Hall–Kier alpha value is -2.67. The third-order valence-corrected chi connectivity index (χ3v) is 4.29. The van der Waals surface area contributed by atoms with Gasteiger partial charge in [-0.2, -0.15) is 18.3 Å². The normalized spacial score (nSPS) is 11.8. The number of halogens is 3. The highest BCUT2D eigenvalue weighted by Crippen LogP contribution is 2.32. The Labute approximate surface area is 146 Å². The summed E-state index contributed by atoms with van der Waals surface area (Å²) < 4.78 is 38.4. The molecule has 0 bridgehead atoms. The molecule has 1 aromatic heterocycles. The molecular formula is C18H14F3N3S. The fourth-order valence-corrected chi connectivity index (χ4v) is 2.84. The second kappa shape index (κ2) is 7.06. The summed E-state index contributed by atoms with van der Waals surface area (Å²) in [5.74, 6) is 0. The third-order valence-electron chi connectivity index (χ3n) is 3.43. The summed E-state index contributed by atoms with van der Waals surface area (Å²) in [6.07, 6.45) is -2.71. The van der Waals surface area contributed by atoms with Gasteiger partial charge in [-0.15, -0.1) is 11.3 Å². The summed E-state index contributed by atoms with van der Waals surface area (Å²) in [6, 6.07) is 12.4. The number of nitrogens with one attached hydrogen (secondary N) is 1. The van der Waals surface area contributed by atoms with Gasteiger partial charge in [0.1, 0.15) is 0 Å². The first-order valence-corrected chi connectivity index (χ1v) is 8.29. The molecule has 0 amide bonds. The van der Waals surface area contributed by atoms with Crippen molar-refractivity contribution in [1.29, 1.82) is 0 Å². The molecule has 0 aliphatic carbocycles. The summed E-state index contributed by atoms with van der Waals surface area (Å²) in [4.78, 5) is 4.23. The molecule has 3 nitrogen and oxygen atoms in total. The largest absolute Gasteiger partial charge is 0.416 e. The first kappa shape index (κ1) is 17.2. The smallest absolute Gasteiger partial charge is 0.253 e. The molecule has 1 heterocycles. The van der Waals surface area contributed by atoms with E-state index in [4.69, 9.17) is 0 Å². The Morgan fingerprint density at radius 1 is 1.08 bits per heavy atom. The molecule has 0 spiro atoms. The molecular weight excluding hydrogens is 347 g/mol. The van der Waals surface area contributed by atoms with Gasteiger partial charge in [-0.3, -0.25) is 5.43 Å². The molecule has 0 unspecified atom stereocenters. The average Bonchev–Trinajstić information content (AvgIpc) is 3.00. The van der Waals surface area contributed by atoms with Crippen LogP contribution in [0.5, 0.6) is 0 Å². The van der Waals surface area contributed by atoms with Gasteiger partial charge in [-0.25, -0.2) is 4.98 Å². The van der Waals surface area contributed by atoms with Crippen LogP contribution in [0.3, 0.4) is 0 Å². The number of hydrogen-bond acceptors (Lipinski definition) is 4. The standard InChI is InChI=1S/C18H14F3N3S/c1-12-11-25-17(23-12)24-22-10-13-5-7-14(8-6-13)15-3-2-4-16(9-15)18(19,20)21/h2-11H,1H3,(H,23,24). The number of anilines is 1. The van der Waals surface area contributed by atoms with Gasteiger partial charge in [0.25, 0.3) is 0 Å². The predicted molar refractivity (Wildman–Crippen MR) is 94.9 cm³/mol. The molecule has 25 heavy (non-hydrogen) atoms. The number of hydrogen-bond donors (Lipinski definition) is 1. The SMILES string of the molecule is Cc1csc(NN=Cc2ccc(-c3cccc(C(F)(F)F)c3)cc2)n1. The maximum Gasteiger partial charge on any atom is 0.416 e. The monoisotopic (exact) mass is 361 g/mol. The second-order valence-electron chi connectivity index (χ2n) is 5.36. The number of aryl methyl sites for hydroxylation is 1. The van der Waals surface area contributed by atoms with E-state index in [2.05, 4.69) is 15.5 Å². The highest BCUT2D eigenvalue weighted by atomic mass is 32.1. The average molecular weight is 361 g/mol. The van der Waals surface area contributed by atoms with Gasteiger partial charge in [0.2, 0.25) is 5.13 Å². The number of benzene rings is 2. The van der Waals surface area contributed by atoms with Crippen LogP contribution in [-0.4, -0.2) is 11.2 Å². The Balaban J connectivity index is 1.72. The molecule has 0 saturated heterocycles. The second-order valence-corrected chi connectivity index (χ2v) is 6.22. The zero-order valence-electron chi connectivity index (χ0n) is 13.2. The van der Waals surface area contributed by atoms with Gasteiger partial charge in [0.05, 0.1) is 17.5 Å². The molecule has 1 N–H and O–H groups in total. The van der Waals surface area contributed by atoms with Crippen molar-refractivity contribution < 1.29 is 13.2 Å². The van der Waals surface area contributed by atoms with Crippen molar-refractivity contribution in [2.45, 2.75) is 13.1 Å². The topological polar surface area (TPSA) is 37.3 Å². The predicted octanol–water partition coefficient (Wildman–Crippen LogP) is 5.58. The van der Waals surface area contributed by atoms with Gasteiger partial charge in [0, 0.05) is 5.38 Å². The fourth-order valence-electron chi connectivity index (χ4n) is 2.20. The molecule has 128 valence electrons. The number of nitrogens with zero attached hydrogens (tertiary/aromatic N) is 2. The summed E-state index contributed by atoms with van der Waals surface area (Å²) in [5, 5.41) is 6.72. The number of rotatable bonds is 4. The van der Waals surface area contributed by atoms with Crippen molar-refractivity contribution in [1.82, 2.24) is 4.98 Å². The van der Waals surface area contributed by atoms with E-state index in [-0.39, 0.29) is 0 Å². The lowest BCUT2D eigenvalue weighted by Crippen LogP contribution is -2.04. The lowest BCUT2D eigenvalue weighted by Gasteiger charge is -2.09. The van der Waals surface area contributed by atoms with E-state index >= 15 is 0 Å². The van der Waals surface area contributed by atoms with E-state index in [0.717, 1.165) is 23.4 Å². The van der Waals surface area contributed by atoms with Crippen LogP contribution in [0.4, 0.5) is 18.3 Å². The number of alkyl halides is 3. The van der Waals surface area contributed by atoms with Crippen LogP contribution in [0.15, 0.2) is 59.0 Å². The van der Waals surface area contributed by atoms with Crippen LogP contribution in [0, 0.1) is 6.92 Å². The molecule has 0 fully saturated rings. The summed E-state index contributed by atoms with van der Waals surface area (Å²) >= 11 is 1.46. The number of hydrazone groups is 1. The molecule has 0 aliphatic rings. The zero-order valence-corrected chi connectivity index (χ0v) is 14.0. The summed E-state index contributed by atoms with van der Waals surface area (Å²) in [6.45, 7) is 1.90. The zero-order chi connectivity index (χ0) is 17.9. The highest BCUT2D eigenvalue weighted by Gasteiger charge is 2.30. The van der Waals surface area contributed by atoms with E-state index in [0.29, 0.717) is 16.3 Å². The van der Waals surface area contributed by atoms with E-state index in [1.165, 1.54) is 17.4 Å². The summed E-state index contributed by atoms with van der Waals surface area (Å²) in [7, 11) is 0. The van der Waals surface area contributed by atoms with Crippen LogP contribution < -0.4 is 5.43 Å². The molecule has 2 aromatic carbocycles. The number of aromatic nitrogens is 1. The maximum absolute atomic E-state index is 12.8. The quantitative estimate of drug-likeness (QED) is 0.486. The molecule has 3 rings (SSSR count). The van der Waals surface area contributed by atoms with E-state index in [1.54, 1.807) is 36.5 Å². The van der Waals surface area contributed by atoms with Crippen LogP contribution in [0.1, 0.15) is 16.8 Å². The van der Waals surface area contributed by atoms with Gasteiger partial charge in [0.15, 0.2) is 0 Å². The van der Waals surface area contributed by atoms with Crippen molar-refractivity contribution in [2.24, 2.45) is 5.10 Å². The van der Waals surface area contributed by atoms with Gasteiger partial charge in [-0.1, -0.05) is 36.4 Å². The third kappa shape index (κ3) is 4.45. The minimum Gasteiger partial charge on any atom is -0.253 e. The lowest BCUT2D eigenvalue weighted by atomic mass is 10.0. The molecule has 0 atom stereocenters. The van der Waals surface area contributed by atoms with Crippen molar-refractivity contribution in [3.8, 4) is 11.1 Å². The van der Waals surface area contributed by atoms with Gasteiger partial charge >= 0.3 is 6.18 Å². The van der Waals surface area contributed by atoms with E-state index < -0.39 is 11.7 Å². The summed E-state index contributed by atoms with van der Waals surface area (Å²) in [5.41, 5.74) is 5.17. The van der Waals surface area contributed by atoms with Crippen molar-refractivity contribution in [3.63, 3.8) is 0 Å². The van der Waals surface area contributed by atoms with Crippen LogP contribution in [-0.2, 0) is 6.18 Å². The first-order valence-electron chi connectivity index (χ1n) is 7.41. The Bertz CT molecular complexity index is 883. The molecule has 0 radical (unpaired) electrons. The van der Waals surface area contributed by atoms with Crippen molar-refractivity contribution in [2.75, 3.05) is 5.43 Å². The number of thiazole rings is 1. The lowest BCUT2D eigenvalue weighted by molar-refractivity contribution is -0.137. The van der Waals surface area contributed by atoms with Gasteiger partial charge < -0.3 is 0 Å². The molecule has 0 saturated carbocycles. The Morgan fingerprint density at radius 2 is 1.84 bits per heavy atom. The van der Waals surface area contributed by atoms with Crippen LogP contribution >= 0.6 is 11.3 Å². The maximum atomic E-state index is 12.8. The van der Waals surface area contributed by atoms with Crippen molar-refractivity contribution >= 4 is 22.7 Å². The Morgan fingerprint density at radius 3 is 2.48 bits per heavy atom. The minimum absolute atomic E-state index is 0.523. The highest BCUT2D eigenvalue weighted by molar-refractivity contribution is 7.13.